The van der Waals surface area contributed by atoms with Gasteiger partial charge in [-0.15, -0.1) is 18.3 Å². The summed E-state index contributed by atoms with van der Waals surface area (Å²) in [5, 5.41) is 9.88. The lowest BCUT2D eigenvalue weighted by atomic mass is 10.1. The standard InChI is InChI=1S/C30H36F3N5O6/c1-19-25(35-27(39)34-16-21-15-20(17-41-5)11-12-24(21)43-30(31,32)33)38(22-9-7-6-8-10-22)36-26(19)42-18-23-13-14-37(23)28(40)44-29(2,3)4/h6-12,15,23H,13-14,16-18H2,1-5H3,(H2,34,35,39)/t23-/m0/s1. The van der Waals surface area contributed by atoms with E-state index >= 15 is 0 Å². The highest BCUT2D eigenvalue weighted by atomic mass is 19.4. The summed E-state index contributed by atoms with van der Waals surface area (Å²) in [7, 11) is 1.46. The largest absolute Gasteiger partial charge is 0.573 e. The third-order valence-electron chi connectivity index (χ3n) is 6.60. The van der Waals surface area contributed by atoms with Gasteiger partial charge >= 0.3 is 18.5 Å². The predicted molar refractivity (Wildman–Crippen MR) is 155 cm³/mol. The van der Waals surface area contributed by atoms with Crippen molar-refractivity contribution in [2.24, 2.45) is 0 Å². The highest BCUT2D eigenvalue weighted by Gasteiger charge is 2.36. The molecule has 1 saturated heterocycles. The molecular formula is C30H36F3N5O6. The van der Waals surface area contributed by atoms with E-state index in [1.54, 1.807) is 56.9 Å². The minimum Gasteiger partial charge on any atom is -0.474 e. The first-order valence-corrected chi connectivity index (χ1v) is 13.9. The van der Waals surface area contributed by atoms with Crippen molar-refractivity contribution in [3.63, 3.8) is 0 Å². The van der Waals surface area contributed by atoms with Gasteiger partial charge in [-0.05, 0) is 63.9 Å². The second kappa shape index (κ2) is 13.5. The number of hydrogen-bond acceptors (Lipinski definition) is 7. The monoisotopic (exact) mass is 619 g/mol. The molecule has 2 aromatic carbocycles. The molecule has 0 aliphatic carbocycles. The van der Waals surface area contributed by atoms with E-state index in [2.05, 4.69) is 20.5 Å². The number of carbonyl (C=O) groups is 2. The normalized spacial score (nSPS) is 14.9. The molecule has 2 heterocycles. The number of rotatable bonds is 10. The molecule has 1 aromatic heterocycles. The van der Waals surface area contributed by atoms with E-state index in [1.165, 1.54) is 30.0 Å². The van der Waals surface area contributed by atoms with Crippen molar-refractivity contribution in [2.75, 3.05) is 25.6 Å². The molecule has 4 rings (SSSR count). The van der Waals surface area contributed by atoms with Crippen LogP contribution in [0, 0.1) is 6.92 Å². The number of anilines is 1. The number of ether oxygens (including phenoxy) is 4. The van der Waals surface area contributed by atoms with Crippen LogP contribution < -0.4 is 20.1 Å². The zero-order valence-corrected chi connectivity index (χ0v) is 25.2. The van der Waals surface area contributed by atoms with Crippen molar-refractivity contribution in [1.82, 2.24) is 20.0 Å². The fourth-order valence-electron chi connectivity index (χ4n) is 4.44. The lowest BCUT2D eigenvalue weighted by Crippen LogP contribution is -2.55. The number of nitrogens with one attached hydrogen (secondary N) is 2. The Bertz CT molecular complexity index is 1460. The molecular weight excluding hydrogens is 583 g/mol. The zero-order valence-electron chi connectivity index (χ0n) is 25.2. The number of methoxy groups -OCH3 is 1. The zero-order chi connectivity index (χ0) is 32.1. The summed E-state index contributed by atoms with van der Waals surface area (Å²) in [5.41, 5.74) is 1.24. The molecule has 0 unspecified atom stereocenters. The van der Waals surface area contributed by atoms with Crippen LogP contribution in [0.4, 0.5) is 28.6 Å². The molecule has 1 fully saturated rings. The van der Waals surface area contributed by atoms with Crippen molar-refractivity contribution < 1.29 is 41.7 Å². The summed E-state index contributed by atoms with van der Waals surface area (Å²) in [6.07, 6.45) is -4.59. The van der Waals surface area contributed by atoms with Gasteiger partial charge < -0.3 is 29.2 Å². The highest BCUT2D eigenvalue weighted by Crippen LogP contribution is 2.31. The molecule has 0 spiro atoms. The third kappa shape index (κ3) is 8.56. The quantitative estimate of drug-likeness (QED) is 0.289. The van der Waals surface area contributed by atoms with Gasteiger partial charge in [-0.1, -0.05) is 24.3 Å². The van der Waals surface area contributed by atoms with E-state index in [9.17, 15) is 22.8 Å². The Morgan fingerprint density at radius 1 is 1.09 bits per heavy atom. The highest BCUT2D eigenvalue weighted by molar-refractivity contribution is 5.89. The van der Waals surface area contributed by atoms with Crippen molar-refractivity contribution in [3.8, 4) is 17.3 Å². The molecule has 1 aliphatic heterocycles. The van der Waals surface area contributed by atoms with Crippen LogP contribution in [0.1, 0.15) is 43.9 Å². The van der Waals surface area contributed by atoms with Crippen LogP contribution in [0.2, 0.25) is 0 Å². The van der Waals surface area contributed by atoms with Crippen molar-refractivity contribution in [2.45, 2.75) is 65.3 Å². The van der Waals surface area contributed by atoms with Crippen molar-refractivity contribution in [3.05, 3.63) is 65.2 Å². The average Bonchev–Trinajstić information content (AvgIpc) is 3.21. The maximum atomic E-state index is 13.0. The maximum absolute atomic E-state index is 13.0. The number of hydrogen-bond donors (Lipinski definition) is 2. The van der Waals surface area contributed by atoms with E-state index in [4.69, 9.17) is 14.2 Å². The van der Waals surface area contributed by atoms with E-state index in [1.807, 2.05) is 6.07 Å². The Morgan fingerprint density at radius 2 is 1.82 bits per heavy atom. The smallest absolute Gasteiger partial charge is 0.474 e. The minimum absolute atomic E-state index is 0.111. The second-order valence-electron chi connectivity index (χ2n) is 11.2. The number of carbonyl (C=O) groups excluding carboxylic acids is 2. The summed E-state index contributed by atoms with van der Waals surface area (Å²) in [4.78, 5) is 27.1. The van der Waals surface area contributed by atoms with Gasteiger partial charge in [0.25, 0.3) is 0 Å². The fourth-order valence-corrected chi connectivity index (χ4v) is 4.44. The molecule has 44 heavy (non-hydrogen) atoms. The number of aromatic nitrogens is 2. The number of amides is 3. The number of urea groups is 1. The Hall–Kier alpha value is -4.46. The van der Waals surface area contributed by atoms with Crippen LogP contribution in [-0.4, -0.2) is 65.1 Å². The molecule has 2 N–H and O–H groups in total. The Labute approximate surface area is 253 Å². The molecule has 11 nitrogen and oxygen atoms in total. The maximum Gasteiger partial charge on any atom is 0.573 e. The van der Waals surface area contributed by atoms with E-state index < -0.39 is 29.8 Å². The van der Waals surface area contributed by atoms with Crippen LogP contribution >= 0.6 is 0 Å². The van der Waals surface area contributed by atoms with Gasteiger partial charge in [0.05, 0.1) is 23.9 Å². The van der Waals surface area contributed by atoms with Crippen LogP contribution in [-0.2, 0) is 22.6 Å². The average molecular weight is 620 g/mol. The SMILES string of the molecule is COCc1ccc(OC(F)(F)F)c(CNC(=O)Nc2c(C)c(OC[C@@H]3CCN3C(=O)OC(C)(C)C)nn2-c2ccccc2)c1. The number of benzene rings is 2. The first-order chi connectivity index (χ1) is 20.7. The van der Waals surface area contributed by atoms with E-state index in [-0.39, 0.29) is 37.2 Å². The first kappa shape index (κ1) is 32.5. The van der Waals surface area contributed by atoms with E-state index in [0.717, 1.165) is 6.42 Å². The molecule has 14 heteroatoms. The fraction of sp³-hybridized carbons (Fsp3) is 0.433. The topological polar surface area (TPSA) is 116 Å². The Kier molecular flexibility index (Phi) is 9.92. The summed E-state index contributed by atoms with van der Waals surface area (Å²) < 4.78 is 61.1. The summed E-state index contributed by atoms with van der Waals surface area (Å²) in [6.45, 7) is 7.73. The molecule has 0 bridgehead atoms. The molecule has 3 amide bonds. The summed E-state index contributed by atoms with van der Waals surface area (Å²) in [6, 6.07) is 12.2. The predicted octanol–water partition coefficient (Wildman–Crippen LogP) is 5.94. The number of alkyl halides is 3. The first-order valence-electron chi connectivity index (χ1n) is 13.9. The van der Waals surface area contributed by atoms with Crippen LogP contribution in [0.5, 0.6) is 11.6 Å². The number of halogens is 3. The lowest BCUT2D eigenvalue weighted by molar-refractivity contribution is -0.274. The van der Waals surface area contributed by atoms with Gasteiger partial charge in [0.1, 0.15) is 23.8 Å². The second-order valence-corrected chi connectivity index (χ2v) is 11.2. The van der Waals surface area contributed by atoms with Gasteiger partial charge in [0.15, 0.2) is 0 Å². The van der Waals surface area contributed by atoms with E-state index in [0.29, 0.717) is 29.2 Å². The number of para-hydroxylation sites is 1. The third-order valence-corrected chi connectivity index (χ3v) is 6.60. The van der Waals surface area contributed by atoms with Gasteiger partial charge in [-0.3, -0.25) is 5.32 Å². The Morgan fingerprint density at radius 3 is 2.43 bits per heavy atom. The van der Waals surface area contributed by atoms with Crippen LogP contribution in [0.3, 0.4) is 0 Å². The van der Waals surface area contributed by atoms with Crippen molar-refractivity contribution in [1.29, 1.82) is 0 Å². The molecule has 0 radical (unpaired) electrons. The molecule has 0 saturated carbocycles. The number of likely N-dealkylation sites (tertiary alicyclic amines) is 1. The van der Waals surface area contributed by atoms with Gasteiger partial charge in [0, 0.05) is 25.8 Å². The molecule has 238 valence electrons. The van der Waals surface area contributed by atoms with Crippen LogP contribution in [0.25, 0.3) is 5.69 Å². The van der Waals surface area contributed by atoms with Gasteiger partial charge in [-0.2, -0.15) is 0 Å². The molecule has 3 aromatic rings. The lowest BCUT2D eigenvalue weighted by Gasteiger charge is -2.40. The molecule has 1 atom stereocenters. The number of nitrogens with zero attached hydrogens (tertiary/aromatic N) is 3. The summed E-state index contributed by atoms with van der Waals surface area (Å²) >= 11 is 0. The molecule has 1 aliphatic rings. The van der Waals surface area contributed by atoms with Gasteiger partial charge in [-0.25, -0.2) is 14.3 Å². The van der Waals surface area contributed by atoms with Crippen LogP contribution in [0.15, 0.2) is 48.5 Å². The van der Waals surface area contributed by atoms with Gasteiger partial charge in [0.2, 0.25) is 5.88 Å². The van der Waals surface area contributed by atoms with Crippen molar-refractivity contribution >= 4 is 17.9 Å². The summed E-state index contributed by atoms with van der Waals surface area (Å²) in [5.74, 6) is 0.102. The minimum atomic E-state index is -4.90. The Balaban J connectivity index is 1.49.